The van der Waals surface area contributed by atoms with Crippen LogP contribution in [0.4, 0.5) is 4.79 Å². The Morgan fingerprint density at radius 3 is 1.79 bits per heavy atom. The second-order valence-corrected chi connectivity index (χ2v) is 13.8. The van der Waals surface area contributed by atoms with Crippen molar-refractivity contribution in [2.45, 2.75) is 117 Å². The predicted molar refractivity (Wildman–Crippen MR) is 167 cm³/mol. The first-order valence-corrected chi connectivity index (χ1v) is 14.6. The highest BCUT2D eigenvalue weighted by Gasteiger charge is 2.42. The fourth-order valence-electron chi connectivity index (χ4n) is 4.43. The van der Waals surface area contributed by atoms with Gasteiger partial charge in [0.1, 0.15) is 29.3 Å². The van der Waals surface area contributed by atoms with Gasteiger partial charge < -0.3 is 25.0 Å². The zero-order valence-corrected chi connectivity index (χ0v) is 27.5. The largest absolute Gasteiger partial charge is 0.458 e. The van der Waals surface area contributed by atoms with Gasteiger partial charge in [0.05, 0.1) is 0 Å². The average Bonchev–Trinajstić information content (AvgIpc) is 2.84. The molecule has 2 aromatic carbocycles. The highest BCUT2D eigenvalue weighted by Crippen LogP contribution is 2.30. The lowest BCUT2D eigenvalue weighted by Crippen LogP contribution is -2.59. The van der Waals surface area contributed by atoms with Crippen molar-refractivity contribution in [3.63, 3.8) is 0 Å². The molecule has 3 atom stereocenters. The van der Waals surface area contributed by atoms with Crippen LogP contribution in [0, 0.1) is 6.92 Å². The van der Waals surface area contributed by atoms with Crippen molar-refractivity contribution in [3.05, 3.63) is 71.3 Å². The first-order chi connectivity index (χ1) is 19.7. The summed E-state index contributed by atoms with van der Waals surface area (Å²) in [4.78, 5) is 55.7. The molecule has 0 fully saturated rings. The van der Waals surface area contributed by atoms with E-state index in [0.29, 0.717) is 5.56 Å². The van der Waals surface area contributed by atoms with Gasteiger partial charge in [0.2, 0.25) is 11.8 Å². The van der Waals surface area contributed by atoms with Gasteiger partial charge in [-0.1, -0.05) is 60.2 Å². The van der Waals surface area contributed by atoms with Gasteiger partial charge in [0.25, 0.3) is 0 Å². The first-order valence-electron chi connectivity index (χ1n) is 14.6. The van der Waals surface area contributed by atoms with E-state index in [0.717, 1.165) is 11.1 Å². The van der Waals surface area contributed by atoms with Crippen molar-refractivity contribution >= 4 is 23.9 Å². The number of hydrogen-bond acceptors (Lipinski definition) is 6. The van der Waals surface area contributed by atoms with Gasteiger partial charge in [-0.05, 0) is 87.3 Å². The number of carbonyl (C=O) groups is 4. The Morgan fingerprint density at radius 1 is 0.767 bits per heavy atom. The molecule has 236 valence electrons. The van der Waals surface area contributed by atoms with E-state index in [4.69, 9.17) is 9.47 Å². The Balaban J connectivity index is 2.55. The highest BCUT2D eigenvalue weighted by atomic mass is 16.6. The van der Waals surface area contributed by atoms with Crippen LogP contribution in [0.3, 0.4) is 0 Å². The number of aryl methyl sites for hydroxylation is 1. The van der Waals surface area contributed by atoms with Gasteiger partial charge in [0, 0.05) is 12.0 Å². The maximum absolute atomic E-state index is 14.3. The molecule has 0 saturated carbocycles. The summed E-state index contributed by atoms with van der Waals surface area (Å²) < 4.78 is 11.0. The Hall–Kier alpha value is -3.88. The van der Waals surface area contributed by atoms with E-state index in [9.17, 15) is 19.2 Å². The molecule has 0 aliphatic rings. The molecule has 9 nitrogen and oxygen atoms in total. The van der Waals surface area contributed by atoms with Crippen molar-refractivity contribution in [2.75, 3.05) is 0 Å². The molecule has 0 aromatic heterocycles. The summed E-state index contributed by atoms with van der Waals surface area (Å²) >= 11 is 0. The van der Waals surface area contributed by atoms with Crippen LogP contribution in [0.25, 0.3) is 0 Å². The number of benzene rings is 2. The fourth-order valence-corrected chi connectivity index (χ4v) is 4.43. The van der Waals surface area contributed by atoms with Crippen LogP contribution in [0.2, 0.25) is 0 Å². The number of esters is 1. The van der Waals surface area contributed by atoms with Gasteiger partial charge >= 0.3 is 12.1 Å². The van der Waals surface area contributed by atoms with E-state index < -0.39 is 58.7 Å². The molecule has 0 bridgehead atoms. The zero-order chi connectivity index (χ0) is 32.8. The SMILES string of the molecule is Cc1ccc(C(C(=O)NC(Cc2ccccc2)C(=O)OC(C)(C)C)N(C(=O)C(C)NC(=O)OC(C)(C)C)C(C)(C)C)cc1. The summed E-state index contributed by atoms with van der Waals surface area (Å²) in [5.41, 5.74) is -0.0240. The molecule has 2 N–H and O–H groups in total. The maximum atomic E-state index is 14.3. The molecule has 3 unspecified atom stereocenters. The molecular weight excluding hydrogens is 546 g/mol. The van der Waals surface area contributed by atoms with E-state index in [1.54, 1.807) is 60.6 Å². The van der Waals surface area contributed by atoms with Gasteiger partial charge in [-0.15, -0.1) is 0 Å². The molecule has 0 aliphatic heterocycles. The van der Waals surface area contributed by atoms with Crippen LogP contribution in [0.1, 0.15) is 92.0 Å². The summed E-state index contributed by atoms with van der Waals surface area (Å²) in [5.74, 6) is -1.62. The predicted octanol–water partition coefficient (Wildman–Crippen LogP) is 5.65. The van der Waals surface area contributed by atoms with E-state index in [2.05, 4.69) is 10.6 Å². The third-order valence-corrected chi connectivity index (χ3v) is 6.25. The highest BCUT2D eigenvalue weighted by molar-refractivity contribution is 5.94. The smallest absolute Gasteiger partial charge is 0.408 e. The van der Waals surface area contributed by atoms with Crippen LogP contribution >= 0.6 is 0 Å². The number of hydrogen-bond donors (Lipinski definition) is 2. The van der Waals surface area contributed by atoms with Crippen molar-refractivity contribution < 1.29 is 28.7 Å². The summed E-state index contributed by atoms with van der Waals surface area (Å²) in [6.07, 6.45) is -0.547. The Labute approximate surface area is 256 Å². The molecule has 0 saturated heterocycles. The van der Waals surface area contributed by atoms with Crippen molar-refractivity contribution in [1.82, 2.24) is 15.5 Å². The van der Waals surface area contributed by atoms with Gasteiger partial charge in [-0.25, -0.2) is 9.59 Å². The van der Waals surface area contributed by atoms with Gasteiger partial charge in [-0.3, -0.25) is 9.59 Å². The average molecular weight is 596 g/mol. The molecule has 0 spiro atoms. The van der Waals surface area contributed by atoms with Crippen molar-refractivity contribution in [2.24, 2.45) is 0 Å². The van der Waals surface area contributed by atoms with Gasteiger partial charge in [-0.2, -0.15) is 0 Å². The summed E-state index contributed by atoms with van der Waals surface area (Å²) in [5, 5.41) is 5.50. The fraction of sp³-hybridized carbons (Fsp3) is 0.529. The van der Waals surface area contributed by atoms with Crippen LogP contribution in [0.15, 0.2) is 54.6 Å². The number of nitrogens with zero attached hydrogens (tertiary/aromatic N) is 1. The Bertz CT molecular complexity index is 1250. The number of carbonyl (C=O) groups excluding carboxylic acids is 4. The van der Waals surface area contributed by atoms with Crippen LogP contribution in [0.5, 0.6) is 0 Å². The summed E-state index contributed by atoms with van der Waals surface area (Å²) in [6, 6.07) is 13.5. The van der Waals surface area contributed by atoms with E-state index >= 15 is 0 Å². The first kappa shape index (κ1) is 35.3. The molecule has 2 rings (SSSR count). The molecule has 2 aromatic rings. The normalized spacial score (nSPS) is 14.1. The molecule has 0 heterocycles. The second-order valence-electron chi connectivity index (χ2n) is 13.8. The number of alkyl carbamates (subject to hydrolysis) is 1. The van der Waals surface area contributed by atoms with E-state index in [1.807, 2.05) is 70.2 Å². The number of nitrogens with one attached hydrogen (secondary N) is 2. The number of amides is 3. The lowest BCUT2D eigenvalue weighted by molar-refractivity contribution is -0.159. The molecule has 0 radical (unpaired) electrons. The lowest BCUT2D eigenvalue weighted by Gasteiger charge is -2.43. The standard InChI is InChI=1S/C34H49N3O6/c1-22-17-19-25(20-18-22)27(37(32(3,4)5)29(39)23(2)35-31(41)43-34(9,10)11)28(38)36-26(30(40)42-33(6,7)8)21-24-15-13-12-14-16-24/h12-20,23,26-27H,21H2,1-11H3,(H,35,41)(H,36,38). The minimum Gasteiger partial charge on any atom is -0.458 e. The third kappa shape index (κ3) is 11.4. The second kappa shape index (κ2) is 14.1. The van der Waals surface area contributed by atoms with Crippen LogP contribution in [-0.4, -0.2) is 57.6 Å². The maximum Gasteiger partial charge on any atom is 0.408 e. The van der Waals surface area contributed by atoms with E-state index in [-0.39, 0.29) is 6.42 Å². The zero-order valence-electron chi connectivity index (χ0n) is 27.5. The van der Waals surface area contributed by atoms with Crippen molar-refractivity contribution in [3.8, 4) is 0 Å². The number of rotatable bonds is 9. The van der Waals surface area contributed by atoms with Gasteiger partial charge in [0.15, 0.2) is 0 Å². The van der Waals surface area contributed by atoms with Crippen LogP contribution in [-0.2, 0) is 30.3 Å². The summed E-state index contributed by atoms with van der Waals surface area (Å²) in [7, 11) is 0. The minimum absolute atomic E-state index is 0.197. The summed E-state index contributed by atoms with van der Waals surface area (Å²) in [6.45, 7) is 19.4. The lowest BCUT2D eigenvalue weighted by atomic mass is 9.94. The Kier molecular flexibility index (Phi) is 11.5. The van der Waals surface area contributed by atoms with Crippen LogP contribution < -0.4 is 10.6 Å². The van der Waals surface area contributed by atoms with E-state index in [1.165, 1.54) is 4.90 Å². The van der Waals surface area contributed by atoms with Crippen molar-refractivity contribution in [1.29, 1.82) is 0 Å². The molecule has 43 heavy (non-hydrogen) atoms. The molecule has 0 aliphatic carbocycles. The minimum atomic E-state index is -1.13. The molecule has 9 heteroatoms. The molecule has 3 amide bonds. The molecular formula is C34H49N3O6. The topological polar surface area (TPSA) is 114 Å². The monoisotopic (exact) mass is 595 g/mol. The quantitative estimate of drug-likeness (QED) is 0.363. The Morgan fingerprint density at radius 2 is 1.30 bits per heavy atom. The third-order valence-electron chi connectivity index (χ3n) is 6.25. The number of ether oxygens (including phenoxy) is 2.